The quantitative estimate of drug-likeness (QED) is 0.816. The second-order valence-electron chi connectivity index (χ2n) is 4.61. The Kier molecular flexibility index (Phi) is 5.48. The summed E-state index contributed by atoms with van der Waals surface area (Å²) in [6.07, 6.45) is 1.79. The number of aliphatic hydroxyl groups is 1. The smallest absolute Gasteiger partial charge is 0.273 e. The number of para-hydroxylation sites is 1. The largest absolute Gasteiger partial charge is 0.481 e. The topological polar surface area (TPSA) is 84.6 Å². The zero-order valence-corrected chi connectivity index (χ0v) is 12.1. The van der Waals surface area contributed by atoms with E-state index >= 15 is 0 Å². The van der Waals surface area contributed by atoms with Gasteiger partial charge in [-0.2, -0.15) is 0 Å². The highest BCUT2D eigenvalue weighted by Gasteiger charge is 2.16. The lowest BCUT2D eigenvalue weighted by atomic mass is 10.2. The van der Waals surface area contributed by atoms with Gasteiger partial charge in [-0.25, -0.2) is 9.37 Å². The minimum Gasteiger partial charge on any atom is -0.481 e. The first-order chi connectivity index (χ1) is 10.6. The van der Waals surface area contributed by atoms with E-state index in [1.165, 1.54) is 18.4 Å². The van der Waals surface area contributed by atoms with Crippen molar-refractivity contribution in [1.82, 2.24) is 10.3 Å². The van der Waals surface area contributed by atoms with E-state index in [2.05, 4.69) is 10.3 Å². The fourth-order valence-electron chi connectivity index (χ4n) is 1.72. The van der Waals surface area contributed by atoms with Crippen molar-refractivity contribution in [2.24, 2.45) is 0 Å². The Labute approximate surface area is 126 Å². The number of aromatic nitrogens is 1. The van der Waals surface area contributed by atoms with Gasteiger partial charge in [-0.1, -0.05) is 19.1 Å². The fraction of sp³-hybridized carbons (Fsp3) is 0.333. The van der Waals surface area contributed by atoms with Gasteiger partial charge in [0.1, 0.15) is 6.26 Å². The lowest BCUT2D eigenvalue weighted by Crippen LogP contribution is -2.37. The van der Waals surface area contributed by atoms with Crippen LogP contribution in [0.15, 0.2) is 34.9 Å². The molecular formula is C15H17FN2O4. The van der Waals surface area contributed by atoms with E-state index in [9.17, 15) is 9.18 Å². The van der Waals surface area contributed by atoms with Crippen LogP contribution in [0.4, 0.5) is 4.39 Å². The van der Waals surface area contributed by atoms with Crippen molar-refractivity contribution in [3.63, 3.8) is 0 Å². The molecule has 1 amide bonds. The van der Waals surface area contributed by atoms with Crippen LogP contribution in [0.5, 0.6) is 5.75 Å². The number of carbonyl (C=O) groups is 1. The summed E-state index contributed by atoms with van der Waals surface area (Å²) in [4.78, 5) is 15.8. The molecule has 0 bridgehead atoms. The molecule has 2 rings (SSSR count). The first-order valence-electron chi connectivity index (χ1n) is 6.87. The average Bonchev–Trinajstić information content (AvgIpc) is 3.00. The van der Waals surface area contributed by atoms with Gasteiger partial charge >= 0.3 is 0 Å². The van der Waals surface area contributed by atoms with E-state index in [1.807, 2.05) is 6.92 Å². The molecule has 0 radical (unpaired) electrons. The van der Waals surface area contributed by atoms with Gasteiger partial charge in [-0.15, -0.1) is 0 Å². The monoisotopic (exact) mass is 308 g/mol. The van der Waals surface area contributed by atoms with Crippen LogP contribution in [0.2, 0.25) is 0 Å². The molecule has 1 aromatic carbocycles. The third-order valence-electron chi connectivity index (χ3n) is 3.02. The Bertz CT molecular complexity index is 626. The summed E-state index contributed by atoms with van der Waals surface area (Å²) in [5, 5.41) is 11.7. The highest BCUT2D eigenvalue weighted by atomic mass is 19.1. The van der Waals surface area contributed by atoms with Crippen molar-refractivity contribution < 1.29 is 23.4 Å². The van der Waals surface area contributed by atoms with E-state index in [-0.39, 0.29) is 36.6 Å². The first kappa shape index (κ1) is 16.0. The minimum absolute atomic E-state index is 0.0815. The standard InChI is InChI=1S/C15H17FN2O4/c1-2-10(7-19)17-15(20)12-8-22-14(18-12)9-21-13-6-4-3-5-11(13)16/h3-6,8,10,19H,2,7,9H2,1H3,(H,17,20)/t10-/m1/s1. The summed E-state index contributed by atoms with van der Waals surface area (Å²) in [7, 11) is 0. The Hall–Kier alpha value is -2.41. The van der Waals surface area contributed by atoms with Gasteiger partial charge in [0, 0.05) is 0 Å². The first-order valence-corrected chi connectivity index (χ1v) is 6.87. The fourth-order valence-corrected chi connectivity index (χ4v) is 1.72. The molecule has 2 N–H and O–H groups in total. The summed E-state index contributed by atoms with van der Waals surface area (Å²) in [6.45, 7) is 1.60. The molecule has 0 aliphatic rings. The maximum atomic E-state index is 13.4. The molecule has 0 spiro atoms. The molecular weight excluding hydrogens is 291 g/mol. The van der Waals surface area contributed by atoms with Crippen LogP contribution in [0.1, 0.15) is 29.7 Å². The van der Waals surface area contributed by atoms with Crippen molar-refractivity contribution in [1.29, 1.82) is 0 Å². The predicted molar refractivity (Wildman–Crippen MR) is 75.9 cm³/mol. The van der Waals surface area contributed by atoms with Crippen LogP contribution >= 0.6 is 0 Å². The summed E-state index contributed by atoms with van der Waals surface area (Å²) < 4.78 is 23.7. The summed E-state index contributed by atoms with van der Waals surface area (Å²) in [5.41, 5.74) is 0.0824. The summed E-state index contributed by atoms with van der Waals surface area (Å²) in [6, 6.07) is 5.64. The van der Waals surface area contributed by atoms with Crippen molar-refractivity contribution in [2.45, 2.75) is 26.0 Å². The molecule has 2 aromatic rings. The third-order valence-corrected chi connectivity index (χ3v) is 3.02. The lowest BCUT2D eigenvalue weighted by molar-refractivity contribution is 0.0909. The van der Waals surface area contributed by atoms with Gasteiger partial charge in [0.05, 0.1) is 12.6 Å². The molecule has 7 heteroatoms. The van der Waals surface area contributed by atoms with Gasteiger partial charge in [-0.3, -0.25) is 4.79 Å². The highest BCUT2D eigenvalue weighted by molar-refractivity contribution is 5.92. The van der Waals surface area contributed by atoms with Crippen molar-refractivity contribution >= 4 is 5.91 Å². The van der Waals surface area contributed by atoms with Crippen molar-refractivity contribution in [3.05, 3.63) is 47.9 Å². The number of halogens is 1. The number of nitrogens with one attached hydrogen (secondary N) is 1. The van der Waals surface area contributed by atoms with Crippen LogP contribution in [0.25, 0.3) is 0 Å². The van der Waals surface area contributed by atoms with E-state index in [0.29, 0.717) is 6.42 Å². The summed E-state index contributed by atoms with van der Waals surface area (Å²) in [5.74, 6) is -0.689. The molecule has 0 fully saturated rings. The van der Waals surface area contributed by atoms with E-state index in [0.717, 1.165) is 0 Å². The molecule has 0 saturated heterocycles. The average molecular weight is 308 g/mol. The molecule has 0 aliphatic heterocycles. The van der Waals surface area contributed by atoms with Crippen molar-refractivity contribution in [3.8, 4) is 5.75 Å². The number of hydrogen-bond donors (Lipinski definition) is 2. The molecule has 0 aliphatic carbocycles. The Morgan fingerprint density at radius 3 is 2.95 bits per heavy atom. The SMILES string of the molecule is CC[C@H](CO)NC(=O)c1coc(COc2ccccc2F)n1. The Morgan fingerprint density at radius 2 is 2.27 bits per heavy atom. The zero-order valence-electron chi connectivity index (χ0n) is 12.1. The lowest BCUT2D eigenvalue weighted by Gasteiger charge is -2.12. The number of carbonyl (C=O) groups excluding carboxylic acids is 1. The molecule has 1 atom stereocenters. The number of hydrogen-bond acceptors (Lipinski definition) is 5. The van der Waals surface area contributed by atoms with Gasteiger partial charge in [0.15, 0.2) is 23.9 Å². The van der Waals surface area contributed by atoms with Crippen LogP contribution in [0.3, 0.4) is 0 Å². The number of amides is 1. The number of oxazole rings is 1. The van der Waals surface area contributed by atoms with Crippen LogP contribution < -0.4 is 10.1 Å². The number of ether oxygens (including phenoxy) is 1. The Morgan fingerprint density at radius 1 is 1.50 bits per heavy atom. The normalized spacial score (nSPS) is 12.0. The Balaban J connectivity index is 1.94. The maximum Gasteiger partial charge on any atom is 0.273 e. The molecule has 118 valence electrons. The van der Waals surface area contributed by atoms with Gasteiger partial charge in [0.2, 0.25) is 5.89 Å². The third kappa shape index (κ3) is 4.05. The second kappa shape index (κ2) is 7.56. The van der Waals surface area contributed by atoms with Gasteiger partial charge in [0.25, 0.3) is 5.91 Å². The molecule has 1 heterocycles. The number of nitrogens with zero attached hydrogens (tertiary/aromatic N) is 1. The van der Waals surface area contributed by atoms with E-state index in [4.69, 9.17) is 14.3 Å². The molecule has 0 saturated carbocycles. The molecule has 6 nitrogen and oxygen atoms in total. The predicted octanol–water partition coefficient (Wildman–Crippen LogP) is 1.89. The minimum atomic E-state index is -0.485. The molecule has 22 heavy (non-hydrogen) atoms. The van der Waals surface area contributed by atoms with Crippen molar-refractivity contribution in [2.75, 3.05) is 6.61 Å². The van der Waals surface area contributed by atoms with E-state index in [1.54, 1.807) is 12.1 Å². The summed E-state index contributed by atoms with van der Waals surface area (Å²) >= 11 is 0. The van der Waals surface area contributed by atoms with Gasteiger partial charge < -0.3 is 19.6 Å². The van der Waals surface area contributed by atoms with Gasteiger partial charge in [-0.05, 0) is 18.6 Å². The van der Waals surface area contributed by atoms with E-state index < -0.39 is 11.7 Å². The van der Waals surface area contributed by atoms with Crippen LogP contribution in [0, 0.1) is 5.82 Å². The van der Waals surface area contributed by atoms with Crippen LogP contribution in [-0.2, 0) is 6.61 Å². The molecule has 1 aromatic heterocycles. The number of benzene rings is 1. The number of rotatable bonds is 7. The highest BCUT2D eigenvalue weighted by Crippen LogP contribution is 2.17. The zero-order chi connectivity index (χ0) is 15.9. The van der Waals surface area contributed by atoms with Crippen LogP contribution in [-0.4, -0.2) is 28.6 Å². The second-order valence-corrected chi connectivity index (χ2v) is 4.61. The molecule has 0 unspecified atom stereocenters. The number of aliphatic hydroxyl groups excluding tert-OH is 1. The maximum absolute atomic E-state index is 13.4.